The van der Waals surface area contributed by atoms with Gasteiger partial charge in [-0.15, -0.1) is 0 Å². The third-order valence-electron chi connectivity index (χ3n) is 7.20. The molecule has 0 amide bonds. The lowest BCUT2D eigenvalue weighted by Gasteiger charge is -2.42. The highest BCUT2D eigenvalue weighted by Gasteiger charge is 2.46. The summed E-state index contributed by atoms with van der Waals surface area (Å²) in [6.07, 6.45) is -4.57. The zero-order chi connectivity index (χ0) is 28.8. The molecule has 0 saturated heterocycles. The molecule has 40 heavy (non-hydrogen) atoms. The topological polar surface area (TPSA) is 113 Å². The lowest BCUT2D eigenvalue weighted by Crippen LogP contribution is -2.40. The smallest absolute Gasteiger partial charge is 0.384 e. The standard InChI is InChI=1S/C29H20ClF3N4O3/c30-22-11-10-18(14-23(22)37(39)40)36-24-12-17(16-6-2-1-3-7-16)13-25(38)27(24)26(20(15-34)28(36)35)19-8-4-5-9-21(19)29(31,32)33/h1-11,14,17,26H,12-13,35H2. The molecular formula is C29H20ClF3N4O3. The van der Waals surface area contributed by atoms with Gasteiger partial charge in [-0.3, -0.25) is 19.8 Å². The Morgan fingerprint density at radius 1 is 1.05 bits per heavy atom. The van der Waals surface area contributed by atoms with E-state index in [4.69, 9.17) is 17.3 Å². The van der Waals surface area contributed by atoms with E-state index in [-0.39, 0.29) is 57.7 Å². The van der Waals surface area contributed by atoms with Gasteiger partial charge in [-0.2, -0.15) is 18.4 Å². The van der Waals surface area contributed by atoms with Crippen LogP contribution in [0.1, 0.15) is 41.4 Å². The number of nitriles is 1. The molecular weight excluding hydrogens is 545 g/mol. The van der Waals surface area contributed by atoms with Gasteiger partial charge in [0.1, 0.15) is 10.8 Å². The quantitative estimate of drug-likeness (QED) is 0.270. The molecule has 5 rings (SSSR count). The van der Waals surface area contributed by atoms with E-state index in [1.807, 2.05) is 36.4 Å². The largest absolute Gasteiger partial charge is 0.416 e. The van der Waals surface area contributed by atoms with Crippen molar-refractivity contribution in [3.63, 3.8) is 0 Å². The van der Waals surface area contributed by atoms with Crippen LogP contribution in [0.4, 0.5) is 24.5 Å². The van der Waals surface area contributed by atoms with Crippen molar-refractivity contribution < 1.29 is 22.9 Å². The summed E-state index contributed by atoms with van der Waals surface area (Å²) < 4.78 is 42.4. The minimum Gasteiger partial charge on any atom is -0.384 e. The summed E-state index contributed by atoms with van der Waals surface area (Å²) in [6.45, 7) is 0. The van der Waals surface area contributed by atoms with E-state index in [1.165, 1.54) is 35.2 Å². The Morgan fingerprint density at radius 3 is 2.38 bits per heavy atom. The van der Waals surface area contributed by atoms with Crippen molar-refractivity contribution in [1.29, 1.82) is 5.26 Å². The Balaban J connectivity index is 1.79. The van der Waals surface area contributed by atoms with Crippen LogP contribution >= 0.6 is 11.6 Å². The molecule has 2 N–H and O–H groups in total. The molecule has 2 atom stereocenters. The maximum Gasteiger partial charge on any atom is 0.416 e. The van der Waals surface area contributed by atoms with E-state index in [2.05, 4.69) is 0 Å². The normalized spacial score (nSPS) is 19.4. The van der Waals surface area contributed by atoms with Gasteiger partial charge in [-0.1, -0.05) is 60.1 Å². The second-order valence-corrected chi connectivity index (χ2v) is 9.86. The molecule has 2 aliphatic rings. The number of hydrogen-bond donors (Lipinski definition) is 1. The number of Topliss-reactive ketones (excluding diaryl/α,β-unsaturated/α-hetero) is 1. The predicted molar refractivity (Wildman–Crippen MR) is 142 cm³/mol. The molecule has 0 fully saturated rings. The van der Waals surface area contributed by atoms with Crippen LogP contribution in [0.15, 0.2) is 95.5 Å². The van der Waals surface area contributed by atoms with Gasteiger partial charge < -0.3 is 5.73 Å². The molecule has 3 aromatic carbocycles. The molecule has 1 heterocycles. The third kappa shape index (κ3) is 4.58. The summed E-state index contributed by atoms with van der Waals surface area (Å²) in [4.78, 5) is 26.2. The maximum absolute atomic E-state index is 14.1. The number of halogens is 4. The Hall–Kier alpha value is -4.62. The van der Waals surface area contributed by atoms with Crippen molar-refractivity contribution in [1.82, 2.24) is 0 Å². The van der Waals surface area contributed by atoms with E-state index in [0.29, 0.717) is 0 Å². The Morgan fingerprint density at radius 2 is 1.73 bits per heavy atom. The van der Waals surface area contributed by atoms with Gasteiger partial charge in [0.15, 0.2) is 5.78 Å². The van der Waals surface area contributed by atoms with Crippen LogP contribution < -0.4 is 10.6 Å². The van der Waals surface area contributed by atoms with E-state index >= 15 is 0 Å². The maximum atomic E-state index is 14.1. The van der Waals surface area contributed by atoms with Crippen LogP contribution in [0.2, 0.25) is 5.02 Å². The fraction of sp³-hybridized carbons (Fsp3) is 0.172. The number of carbonyl (C=O) groups excluding carboxylic acids is 1. The van der Waals surface area contributed by atoms with Gasteiger partial charge in [-0.05, 0) is 41.7 Å². The number of hydrogen-bond acceptors (Lipinski definition) is 6. The van der Waals surface area contributed by atoms with Gasteiger partial charge >= 0.3 is 6.18 Å². The van der Waals surface area contributed by atoms with Gasteiger partial charge in [0.05, 0.1) is 33.7 Å². The summed E-state index contributed by atoms with van der Waals surface area (Å²) in [5.41, 5.74) is 5.83. The minimum atomic E-state index is -4.76. The molecule has 0 saturated carbocycles. The highest BCUT2D eigenvalue weighted by atomic mass is 35.5. The van der Waals surface area contributed by atoms with Crippen LogP contribution in [0.25, 0.3) is 0 Å². The van der Waals surface area contributed by atoms with E-state index < -0.39 is 34.1 Å². The van der Waals surface area contributed by atoms with Crippen LogP contribution in [0, 0.1) is 21.4 Å². The second-order valence-electron chi connectivity index (χ2n) is 9.46. The first-order valence-electron chi connectivity index (χ1n) is 12.1. The van der Waals surface area contributed by atoms with Crippen molar-refractivity contribution in [3.05, 3.63) is 127 Å². The lowest BCUT2D eigenvalue weighted by molar-refractivity contribution is -0.384. The summed E-state index contributed by atoms with van der Waals surface area (Å²) in [7, 11) is 0. The lowest BCUT2D eigenvalue weighted by atomic mass is 9.71. The van der Waals surface area contributed by atoms with Gasteiger partial charge in [0, 0.05) is 23.8 Å². The molecule has 0 spiro atoms. The summed E-state index contributed by atoms with van der Waals surface area (Å²) in [5.74, 6) is -2.38. The zero-order valence-corrected chi connectivity index (χ0v) is 21.4. The monoisotopic (exact) mass is 564 g/mol. The molecule has 1 aliphatic carbocycles. The van der Waals surface area contributed by atoms with Crippen LogP contribution in [-0.2, 0) is 11.0 Å². The number of alkyl halides is 3. The third-order valence-corrected chi connectivity index (χ3v) is 7.52. The first-order chi connectivity index (χ1) is 19.0. The van der Waals surface area contributed by atoms with Gasteiger partial charge in [0.25, 0.3) is 5.69 Å². The van der Waals surface area contributed by atoms with Crippen molar-refractivity contribution in [2.45, 2.75) is 30.9 Å². The van der Waals surface area contributed by atoms with Crippen LogP contribution in [0.3, 0.4) is 0 Å². The SMILES string of the molecule is N#CC1=C(N)N(c2ccc(Cl)c([N+](=O)[O-])c2)C2=C(C(=O)CC(c3ccccc3)C2)C1c1ccccc1C(F)(F)F. The van der Waals surface area contributed by atoms with Gasteiger partial charge in [-0.25, -0.2) is 0 Å². The Bertz CT molecular complexity index is 1640. The molecule has 11 heteroatoms. The number of ketones is 1. The molecule has 0 radical (unpaired) electrons. The van der Waals surface area contributed by atoms with E-state index in [9.17, 15) is 33.3 Å². The summed E-state index contributed by atoms with van der Waals surface area (Å²) in [5, 5.41) is 21.7. The summed E-state index contributed by atoms with van der Waals surface area (Å²) >= 11 is 6.02. The van der Waals surface area contributed by atoms with Crippen molar-refractivity contribution >= 4 is 28.8 Å². The number of rotatable bonds is 4. The van der Waals surface area contributed by atoms with E-state index in [1.54, 1.807) is 0 Å². The predicted octanol–water partition coefficient (Wildman–Crippen LogP) is 6.97. The second kappa shape index (κ2) is 10.2. The van der Waals surface area contributed by atoms with Gasteiger partial charge in [0.2, 0.25) is 0 Å². The average molecular weight is 565 g/mol. The van der Waals surface area contributed by atoms with Crippen molar-refractivity contribution in [3.8, 4) is 6.07 Å². The molecule has 0 aromatic heterocycles. The molecule has 7 nitrogen and oxygen atoms in total. The average Bonchev–Trinajstić information content (AvgIpc) is 2.92. The number of nitrogens with zero attached hydrogens (tertiary/aromatic N) is 3. The molecule has 2 unspecified atom stereocenters. The van der Waals surface area contributed by atoms with Crippen LogP contribution in [0.5, 0.6) is 0 Å². The number of nitrogens with two attached hydrogens (primary N) is 1. The Labute approximate surface area is 231 Å². The van der Waals surface area contributed by atoms with Crippen LogP contribution in [-0.4, -0.2) is 10.7 Å². The highest BCUT2D eigenvalue weighted by Crippen LogP contribution is 2.51. The first kappa shape index (κ1) is 27.0. The fourth-order valence-corrected chi connectivity index (χ4v) is 5.67. The minimum absolute atomic E-state index is 0.000744. The molecule has 202 valence electrons. The highest BCUT2D eigenvalue weighted by molar-refractivity contribution is 6.32. The molecule has 0 bridgehead atoms. The first-order valence-corrected chi connectivity index (χ1v) is 12.5. The fourth-order valence-electron chi connectivity index (χ4n) is 5.48. The number of nitro groups is 1. The van der Waals surface area contributed by atoms with Crippen molar-refractivity contribution in [2.75, 3.05) is 4.90 Å². The Kier molecular flexibility index (Phi) is 6.85. The summed E-state index contributed by atoms with van der Waals surface area (Å²) in [6, 6.07) is 19.7. The number of benzene rings is 3. The van der Waals surface area contributed by atoms with E-state index in [0.717, 1.165) is 17.7 Å². The molecule has 1 aliphatic heterocycles. The number of carbonyl (C=O) groups is 1. The number of nitro benzene ring substituents is 1. The number of anilines is 1. The zero-order valence-electron chi connectivity index (χ0n) is 20.7. The van der Waals surface area contributed by atoms with Crippen molar-refractivity contribution in [2.24, 2.45) is 5.73 Å². The molecule has 3 aromatic rings. The number of allylic oxidation sites excluding steroid dienone is 3.